The highest BCUT2D eigenvalue weighted by molar-refractivity contribution is 8.18. The zero-order valence-corrected chi connectivity index (χ0v) is 18.8. The van der Waals surface area contributed by atoms with Crippen molar-refractivity contribution in [2.24, 2.45) is 10.2 Å². The Bertz CT molecular complexity index is 1460. The van der Waals surface area contributed by atoms with E-state index >= 15 is 0 Å². The Morgan fingerprint density at radius 1 is 0.853 bits per heavy atom. The van der Waals surface area contributed by atoms with Gasteiger partial charge in [-0.25, -0.2) is 0 Å². The maximum atomic E-state index is 12.8. The van der Waals surface area contributed by atoms with E-state index in [1.54, 1.807) is 12.1 Å². The number of amides is 2. The highest BCUT2D eigenvalue weighted by Crippen LogP contribution is 2.36. The minimum atomic E-state index is -0.388. The molecular formula is C27H19N3O3S. The number of hydrogen-bond acceptors (Lipinski definition) is 6. The van der Waals surface area contributed by atoms with Crippen LogP contribution in [0.3, 0.4) is 0 Å². The average Bonchev–Trinajstić information content (AvgIpc) is 3.12. The van der Waals surface area contributed by atoms with Gasteiger partial charge in [-0.3, -0.25) is 14.5 Å². The van der Waals surface area contributed by atoms with Gasteiger partial charge in [-0.2, -0.15) is 5.11 Å². The second kappa shape index (κ2) is 9.33. The van der Waals surface area contributed by atoms with Crippen LogP contribution in [0.25, 0.3) is 16.8 Å². The maximum Gasteiger partial charge on any atom is 0.293 e. The first kappa shape index (κ1) is 21.6. The molecule has 0 spiro atoms. The fourth-order valence-corrected chi connectivity index (χ4v) is 4.50. The first-order chi connectivity index (χ1) is 16.6. The lowest BCUT2D eigenvalue weighted by atomic mass is 10.1. The molecule has 1 fully saturated rings. The van der Waals surface area contributed by atoms with Gasteiger partial charge in [0.1, 0.15) is 5.75 Å². The van der Waals surface area contributed by atoms with Gasteiger partial charge in [-0.15, -0.1) is 5.11 Å². The predicted octanol–water partition coefficient (Wildman–Crippen LogP) is 7.20. The van der Waals surface area contributed by atoms with E-state index in [1.165, 1.54) is 17.0 Å². The Labute approximate surface area is 200 Å². The van der Waals surface area contributed by atoms with Crippen molar-refractivity contribution < 1.29 is 14.7 Å². The molecule has 1 aliphatic heterocycles. The Morgan fingerprint density at radius 3 is 2.47 bits per heavy atom. The number of carbonyl (C=O) groups excluding carboxylic acids is 2. The fraction of sp³-hybridized carbons (Fsp3) is 0.0370. The summed E-state index contributed by atoms with van der Waals surface area (Å²) >= 11 is 0.855. The molecule has 1 saturated heterocycles. The standard InChI is InChI=1S/C27H19N3O3S/c31-24-14-13-21(28-29-23-12-6-10-19-9-4-5-11-22(19)23)15-20(24)16-25-26(32)30(27(33)34-25)17-18-7-2-1-3-8-18/h1-16,31H,17H2/b25-16-,29-28?. The van der Waals surface area contributed by atoms with E-state index in [4.69, 9.17) is 0 Å². The van der Waals surface area contributed by atoms with Crippen molar-refractivity contribution in [2.75, 3.05) is 0 Å². The number of carbonyl (C=O) groups is 2. The SMILES string of the molecule is O=C1S/C(=C\c2cc(N=Nc3cccc4ccccc34)ccc2O)C(=O)N1Cc1ccccc1. The van der Waals surface area contributed by atoms with Crippen LogP contribution in [-0.4, -0.2) is 21.2 Å². The van der Waals surface area contributed by atoms with Crippen molar-refractivity contribution in [1.29, 1.82) is 0 Å². The summed E-state index contributed by atoms with van der Waals surface area (Å²) in [7, 11) is 0. The van der Waals surface area contributed by atoms with Gasteiger partial charge in [-0.1, -0.05) is 66.7 Å². The molecule has 1 aliphatic rings. The zero-order chi connectivity index (χ0) is 23.5. The quantitative estimate of drug-likeness (QED) is 0.250. The Kier molecular flexibility index (Phi) is 5.93. The van der Waals surface area contributed by atoms with E-state index in [-0.39, 0.29) is 28.3 Å². The van der Waals surface area contributed by atoms with Crippen LogP contribution in [0.2, 0.25) is 0 Å². The predicted molar refractivity (Wildman–Crippen MR) is 134 cm³/mol. The average molecular weight is 466 g/mol. The topological polar surface area (TPSA) is 82.3 Å². The molecule has 0 unspecified atom stereocenters. The van der Waals surface area contributed by atoms with E-state index in [0.29, 0.717) is 11.3 Å². The molecule has 5 rings (SSSR count). The molecule has 4 aromatic carbocycles. The molecule has 2 amide bonds. The van der Waals surface area contributed by atoms with Crippen LogP contribution in [-0.2, 0) is 11.3 Å². The van der Waals surface area contributed by atoms with Gasteiger partial charge >= 0.3 is 0 Å². The fourth-order valence-electron chi connectivity index (χ4n) is 3.67. The van der Waals surface area contributed by atoms with E-state index in [1.807, 2.05) is 72.8 Å². The Morgan fingerprint density at radius 2 is 1.62 bits per heavy atom. The van der Waals surface area contributed by atoms with Gasteiger partial charge in [0, 0.05) is 10.9 Å². The highest BCUT2D eigenvalue weighted by Gasteiger charge is 2.35. The van der Waals surface area contributed by atoms with Crippen LogP contribution < -0.4 is 0 Å². The number of hydrogen-bond donors (Lipinski definition) is 1. The second-order valence-corrected chi connectivity index (χ2v) is 8.69. The van der Waals surface area contributed by atoms with Crippen LogP contribution in [0, 0.1) is 0 Å². The summed E-state index contributed by atoms with van der Waals surface area (Å²) in [6.45, 7) is 0.202. The zero-order valence-electron chi connectivity index (χ0n) is 18.0. The van der Waals surface area contributed by atoms with Crippen LogP contribution in [0.15, 0.2) is 106 Å². The van der Waals surface area contributed by atoms with Crippen molar-refractivity contribution in [3.05, 3.63) is 107 Å². The molecular weight excluding hydrogens is 446 g/mol. The van der Waals surface area contributed by atoms with Gasteiger partial charge < -0.3 is 5.11 Å². The molecule has 1 heterocycles. The van der Waals surface area contributed by atoms with Gasteiger partial charge in [0.25, 0.3) is 11.1 Å². The normalized spacial score (nSPS) is 15.2. The summed E-state index contributed by atoms with van der Waals surface area (Å²) < 4.78 is 0. The third-order valence-electron chi connectivity index (χ3n) is 5.39. The Balaban J connectivity index is 1.40. The van der Waals surface area contributed by atoms with Crippen LogP contribution >= 0.6 is 11.8 Å². The van der Waals surface area contributed by atoms with Gasteiger partial charge in [-0.05, 0) is 53.1 Å². The summed E-state index contributed by atoms with van der Waals surface area (Å²) in [4.78, 5) is 26.7. The molecule has 34 heavy (non-hydrogen) atoms. The molecule has 166 valence electrons. The van der Waals surface area contributed by atoms with Gasteiger partial charge in [0.2, 0.25) is 0 Å². The number of thioether (sulfide) groups is 1. The minimum Gasteiger partial charge on any atom is -0.507 e. The van der Waals surface area contributed by atoms with Crippen molar-refractivity contribution in [2.45, 2.75) is 6.54 Å². The molecule has 0 bridgehead atoms. The molecule has 0 atom stereocenters. The van der Waals surface area contributed by atoms with Crippen molar-refractivity contribution in [1.82, 2.24) is 4.90 Å². The first-order valence-electron chi connectivity index (χ1n) is 10.6. The number of benzene rings is 4. The van der Waals surface area contributed by atoms with Crippen LogP contribution in [0.5, 0.6) is 5.75 Å². The van der Waals surface area contributed by atoms with Gasteiger partial charge in [0.15, 0.2) is 0 Å². The largest absolute Gasteiger partial charge is 0.507 e. The van der Waals surface area contributed by atoms with E-state index in [2.05, 4.69) is 10.2 Å². The summed E-state index contributed by atoms with van der Waals surface area (Å²) in [5, 5.41) is 20.8. The number of imide groups is 1. The lowest BCUT2D eigenvalue weighted by molar-refractivity contribution is -0.123. The van der Waals surface area contributed by atoms with Crippen molar-refractivity contribution in [3.8, 4) is 5.75 Å². The monoisotopic (exact) mass is 465 g/mol. The molecule has 0 aromatic heterocycles. The van der Waals surface area contributed by atoms with E-state index in [9.17, 15) is 14.7 Å². The third kappa shape index (κ3) is 4.46. The summed E-state index contributed by atoms with van der Waals surface area (Å²) in [5.74, 6) is -0.403. The lowest BCUT2D eigenvalue weighted by Gasteiger charge is -2.12. The van der Waals surface area contributed by atoms with Crippen LogP contribution in [0.1, 0.15) is 11.1 Å². The number of phenols is 1. The highest BCUT2D eigenvalue weighted by atomic mass is 32.2. The molecule has 6 nitrogen and oxygen atoms in total. The Hall–Kier alpha value is -4.23. The third-order valence-corrected chi connectivity index (χ3v) is 6.30. The second-order valence-electron chi connectivity index (χ2n) is 7.69. The number of rotatable bonds is 5. The number of aromatic hydroxyl groups is 1. The molecule has 1 N–H and O–H groups in total. The molecule has 0 radical (unpaired) electrons. The maximum absolute atomic E-state index is 12.8. The minimum absolute atomic E-state index is 0.0148. The van der Waals surface area contributed by atoms with Crippen LogP contribution in [0.4, 0.5) is 16.2 Å². The number of fused-ring (bicyclic) bond motifs is 1. The summed E-state index contributed by atoms with van der Waals surface area (Å²) in [5.41, 5.74) is 2.50. The summed E-state index contributed by atoms with van der Waals surface area (Å²) in [6, 6.07) is 27.8. The van der Waals surface area contributed by atoms with Crippen molar-refractivity contribution in [3.63, 3.8) is 0 Å². The molecule has 4 aromatic rings. The lowest BCUT2D eigenvalue weighted by Crippen LogP contribution is -2.27. The van der Waals surface area contributed by atoms with Gasteiger partial charge in [0.05, 0.1) is 22.8 Å². The molecule has 7 heteroatoms. The number of nitrogens with zero attached hydrogens (tertiary/aromatic N) is 3. The molecule has 0 aliphatic carbocycles. The first-order valence-corrected chi connectivity index (χ1v) is 11.4. The molecule has 0 saturated carbocycles. The van der Waals surface area contributed by atoms with E-state index in [0.717, 1.165) is 33.8 Å². The number of azo groups is 1. The van der Waals surface area contributed by atoms with Crippen molar-refractivity contribution >= 4 is 51.1 Å². The number of phenolic OH excluding ortho intramolecular Hbond substituents is 1. The smallest absolute Gasteiger partial charge is 0.293 e. The summed E-state index contributed by atoms with van der Waals surface area (Å²) in [6.07, 6.45) is 1.52. The van der Waals surface area contributed by atoms with E-state index < -0.39 is 0 Å².